The molecule has 0 spiro atoms. The lowest BCUT2D eigenvalue weighted by Gasteiger charge is -2.33. The van der Waals surface area contributed by atoms with Gasteiger partial charge in [-0.25, -0.2) is 14.4 Å². The van der Waals surface area contributed by atoms with Crippen LogP contribution >= 0.6 is 0 Å². The molecule has 2 atom stereocenters. The number of H-pyrrole nitrogens is 1. The number of imidazole rings is 1. The first kappa shape index (κ1) is 31.3. The van der Waals surface area contributed by atoms with Gasteiger partial charge in [-0.2, -0.15) is 23.5 Å². The van der Waals surface area contributed by atoms with Crippen LogP contribution in [0.1, 0.15) is 60.4 Å². The second kappa shape index (κ2) is 11.9. The van der Waals surface area contributed by atoms with Crippen molar-refractivity contribution >= 4 is 11.0 Å². The van der Waals surface area contributed by atoms with E-state index in [2.05, 4.69) is 19.5 Å². The second-order valence-electron chi connectivity index (χ2n) is 12.8. The molecule has 1 N–H and O–H groups in total. The van der Waals surface area contributed by atoms with Crippen LogP contribution in [0.15, 0.2) is 54.6 Å². The number of aromatic amines is 1. The van der Waals surface area contributed by atoms with E-state index < -0.39 is 23.6 Å². The van der Waals surface area contributed by atoms with Crippen LogP contribution in [0.5, 0.6) is 11.5 Å². The first-order valence-corrected chi connectivity index (χ1v) is 16.1. The van der Waals surface area contributed by atoms with Crippen molar-refractivity contribution in [2.24, 2.45) is 0 Å². The number of nitrogens with zero attached hydrogens (tertiary/aromatic N) is 6. The number of hydrogen-bond acceptors (Lipinski definition) is 8. The highest BCUT2D eigenvalue weighted by molar-refractivity contribution is 5.81. The van der Waals surface area contributed by atoms with Gasteiger partial charge in [-0.05, 0) is 80.7 Å². The van der Waals surface area contributed by atoms with Crippen LogP contribution in [0.4, 0.5) is 17.6 Å². The molecule has 8 rings (SSSR count). The van der Waals surface area contributed by atoms with Gasteiger partial charge in [0.05, 0.1) is 47.4 Å². The van der Waals surface area contributed by atoms with E-state index in [0.717, 1.165) is 55.9 Å². The van der Waals surface area contributed by atoms with Crippen molar-refractivity contribution in [2.45, 2.75) is 63.3 Å². The van der Waals surface area contributed by atoms with Gasteiger partial charge in [0.1, 0.15) is 11.6 Å². The normalized spacial score (nSPS) is 21.2. The maximum atomic E-state index is 15.0. The average molecular weight is 674 g/mol. The summed E-state index contributed by atoms with van der Waals surface area (Å²) in [6.07, 6.45) is -1.89. The van der Waals surface area contributed by atoms with E-state index in [1.807, 2.05) is 35.4 Å². The minimum absolute atomic E-state index is 0.0427. The molecule has 0 amide bonds. The Morgan fingerprint density at radius 1 is 1.04 bits per heavy atom. The van der Waals surface area contributed by atoms with E-state index >= 15 is 0 Å². The Labute approximate surface area is 278 Å². The summed E-state index contributed by atoms with van der Waals surface area (Å²) in [5.74, 6) is -0.916. The highest BCUT2D eigenvalue weighted by Gasteiger charge is 2.43. The lowest BCUT2D eigenvalue weighted by Crippen LogP contribution is -2.35. The summed E-state index contributed by atoms with van der Waals surface area (Å²) >= 11 is 0. The van der Waals surface area contributed by atoms with Crippen molar-refractivity contribution in [2.75, 3.05) is 19.7 Å². The van der Waals surface area contributed by atoms with Gasteiger partial charge < -0.3 is 18.8 Å². The van der Waals surface area contributed by atoms with Crippen LogP contribution in [0.2, 0.25) is 0 Å². The van der Waals surface area contributed by atoms with Crippen LogP contribution in [0.3, 0.4) is 0 Å². The van der Waals surface area contributed by atoms with Gasteiger partial charge >= 0.3 is 6.18 Å². The Morgan fingerprint density at radius 3 is 2.55 bits per heavy atom. The number of rotatable bonds is 7. The number of benzene rings is 3. The van der Waals surface area contributed by atoms with Crippen LogP contribution < -0.4 is 9.47 Å². The predicted octanol–water partition coefficient (Wildman–Crippen LogP) is 6.66. The first-order valence-electron chi connectivity index (χ1n) is 16.1. The van der Waals surface area contributed by atoms with Gasteiger partial charge in [0, 0.05) is 24.7 Å². The molecule has 2 fully saturated rings. The minimum Gasteiger partial charge on any atom is -0.444 e. The fraction of sp³-hybridized carbons (Fsp3) is 0.371. The molecule has 1 unspecified atom stereocenters. The Balaban J connectivity index is 0.996. The number of ether oxygens (including phenoxy) is 3. The Bertz CT molecular complexity index is 2090. The molecule has 5 aromatic rings. The maximum absolute atomic E-state index is 15.0. The quantitative estimate of drug-likeness (QED) is 0.191. The largest absolute Gasteiger partial charge is 0.451 e. The summed E-state index contributed by atoms with van der Waals surface area (Å²) in [7, 11) is 0. The average Bonchev–Trinajstić information content (AvgIpc) is 3.78. The zero-order valence-electron chi connectivity index (χ0n) is 26.4. The standard InChI is InChI=1S/C35H31F4N7O3/c1-34(25-7-5-20(17-40)15-26(25)36)48-29-4-2-3-24(31(29)49-34)21-9-12-45(13-10-21)19-30-41-27-16-22(32-42-33(44-43-32)35(37,38)39)6-8-28(27)46(30)18-23-11-14-47-23/h2-8,15-16,21,23H,9-14,18-19H2,1H3,(H,42,43,44)/t23-,34?/m0/s1. The topological polar surface area (TPSA) is 114 Å². The fourth-order valence-electron chi connectivity index (χ4n) is 6.93. The lowest BCUT2D eigenvalue weighted by atomic mass is 9.88. The summed E-state index contributed by atoms with van der Waals surface area (Å²) in [5.41, 5.74) is 3.41. The van der Waals surface area contributed by atoms with Crippen molar-refractivity contribution < 1.29 is 31.8 Å². The number of nitrogens with one attached hydrogen (secondary N) is 1. The van der Waals surface area contributed by atoms with Crippen molar-refractivity contribution in [1.82, 2.24) is 29.6 Å². The van der Waals surface area contributed by atoms with Gasteiger partial charge in [-0.3, -0.25) is 10.00 Å². The number of piperidine rings is 1. The zero-order chi connectivity index (χ0) is 33.9. The maximum Gasteiger partial charge on any atom is 0.451 e. The molecule has 3 aliphatic rings. The molecule has 2 aromatic heterocycles. The lowest BCUT2D eigenvalue weighted by molar-refractivity contribution is -0.144. The number of hydrogen-bond donors (Lipinski definition) is 1. The van der Waals surface area contributed by atoms with Crippen LogP contribution in [0, 0.1) is 17.1 Å². The van der Waals surface area contributed by atoms with Gasteiger partial charge in [0.2, 0.25) is 5.82 Å². The molecule has 5 heterocycles. The summed E-state index contributed by atoms with van der Waals surface area (Å²) in [6, 6.07) is 17.3. The number of likely N-dealkylation sites (tertiary alicyclic amines) is 1. The second-order valence-corrected chi connectivity index (χ2v) is 12.8. The van der Waals surface area contributed by atoms with Gasteiger partial charge in [-0.15, -0.1) is 0 Å². The molecule has 2 saturated heterocycles. The summed E-state index contributed by atoms with van der Waals surface area (Å²) in [6.45, 7) is 5.21. The third-order valence-corrected chi connectivity index (χ3v) is 9.61. The van der Waals surface area contributed by atoms with E-state index in [1.54, 1.807) is 25.1 Å². The summed E-state index contributed by atoms with van der Waals surface area (Å²) in [4.78, 5) is 10.9. The highest BCUT2D eigenvalue weighted by Crippen LogP contribution is 2.50. The zero-order valence-corrected chi connectivity index (χ0v) is 26.4. The molecule has 0 saturated carbocycles. The molecule has 49 heavy (non-hydrogen) atoms. The monoisotopic (exact) mass is 673 g/mol. The SMILES string of the molecule is CC1(c2ccc(C#N)cc2F)Oc2cccc(C3CCN(Cc4nc5cc(-c6n[nH]c(C(F)(F)F)n6)ccc5n4C[C@@H]4CCO4)CC3)c2O1. The van der Waals surface area contributed by atoms with E-state index in [4.69, 9.17) is 24.5 Å². The number of halogens is 4. The van der Waals surface area contributed by atoms with Crippen LogP contribution in [0.25, 0.3) is 22.4 Å². The van der Waals surface area contributed by atoms with Crippen LogP contribution in [-0.2, 0) is 29.8 Å². The van der Waals surface area contributed by atoms with Gasteiger partial charge in [-0.1, -0.05) is 12.1 Å². The van der Waals surface area contributed by atoms with E-state index in [1.165, 1.54) is 12.1 Å². The molecule has 3 aliphatic heterocycles. The predicted molar refractivity (Wildman–Crippen MR) is 168 cm³/mol. The third kappa shape index (κ3) is 5.76. The van der Waals surface area contributed by atoms with E-state index in [-0.39, 0.29) is 29.0 Å². The van der Waals surface area contributed by atoms with Gasteiger partial charge in [0.15, 0.2) is 17.3 Å². The van der Waals surface area contributed by atoms with Gasteiger partial charge in [0.25, 0.3) is 5.79 Å². The molecule has 10 nitrogen and oxygen atoms in total. The molecule has 0 aliphatic carbocycles. The molecule has 3 aromatic carbocycles. The summed E-state index contributed by atoms with van der Waals surface area (Å²) in [5, 5.41) is 14.9. The number of nitriles is 1. The minimum atomic E-state index is -4.62. The number of para-hydroxylation sites is 1. The fourth-order valence-corrected chi connectivity index (χ4v) is 6.93. The molecule has 252 valence electrons. The molecule has 0 bridgehead atoms. The third-order valence-electron chi connectivity index (χ3n) is 9.61. The molecule has 0 radical (unpaired) electrons. The van der Waals surface area contributed by atoms with E-state index in [0.29, 0.717) is 35.7 Å². The smallest absolute Gasteiger partial charge is 0.444 e. The Kier molecular flexibility index (Phi) is 7.57. The van der Waals surface area contributed by atoms with Crippen molar-refractivity contribution in [3.8, 4) is 29.0 Å². The van der Waals surface area contributed by atoms with E-state index in [9.17, 15) is 17.6 Å². The highest BCUT2D eigenvalue weighted by atomic mass is 19.4. The first-order chi connectivity index (χ1) is 23.6. The molecular weight excluding hydrogens is 642 g/mol. The Hall–Kier alpha value is -5.00. The van der Waals surface area contributed by atoms with Crippen molar-refractivity contribution in [3.63, 3.8) is 0 Å². The Morgan fingerprint density at radius 2 is 1.86 bits per heavy atom. The molecular formula is C35H31F4N7O3. The van der Waals surface area contributed by atoms with Crippen molar-refractivity contribution in [3.05, 3.63) is 88.8 Å². The number of fused-ring (bicyclic) bond motifs is 2. The van der Waals surface area contributed by atoms with Crippen molar-refractivity contribution in [1.29, 1.82) is 5.26 Å². The number of alkyl halides is 3. The van der Waals surface area contributed by atoms with Crippen LogP contribution in [-0.4, -0.2) is 55.4 Å². The number of aromatic nitrogens is 5. The molecule has 14 heteroatoms. The summed E-state index contributed by atoms with van der Waals surface area (Å²) < 4.78 is 74.8.